The molecule has 4 rings (SSSR count). The molecule has 0 saturated heterocycles. The van der Waals surface area contributed by atoms with Gasteiger partial charge in [0.25, 0.3) is 0 Å². The molecular formula is C18H19FN4O2. The molecule has 0 aromatic carbocycles. The Morgan fingerprint density at radius 3 is 3.04 bits per heavy atom. The fourth-order valence-corrected chi connectivity index (χ4v) is 3.12. The van der Waals surface area contributed by atoms with Crippen LogP contribution in [0.2, 0.25) is 0 Å². The summed E-state index contributed by atoms with van der Waals surface area (Å²) >= 11 is 0. The first-order chi connectivity index (χ1) is 12.3. The highest BCUT2D eigenvalue weighted by atomic mass is 19.1. The maximum absolute atomic E-state index is 13.8. The van der Waals surface area contributed by atoms with Crippen molar-refractivity contribution in [3.63, 3.8) is 0 Å². The van der Waals surface area contributed by atoms with Crippen molar-refractivity contribution in [3.8, 4) is 5.88 Å². The van der Waals surface area contributed by atoms with Gasteiger partial charge < -0.3 is 9.15 Å². The number of rotatable bonds is 5. The fraction of sp³-hybridized carbons (Fsp3) is 0.333. The summed E-state index contributed by atoms with van der Waals surface area (Å²) in [5, 5.41) is 4.37. The molecule has 1 aliphatic heterocycles. The smallest absolute Gasteiger partial charge is 0.250 e. The van der Waals surface area contributed by atoms with Crippen LogP contribution in [0.15, 0.2) is 53.4 Å². The molecule has 4 heterocycles. The molecule has 0 fully saturated rings. The van der Waals surface area contributed by atoms with Crippen LogP contribution in [0, 0.1) is 5.82 Å². The van der Waals surface area contributed by atoms with Gasteiger partial charge in [0.1, 0.15) is 12.4 Å². The summed E-state index contributed by atoms with van der Waals surface area (Å²) in [4.78, 5) is 6.24. The van der Waals surface area contributed by atoms with Crippen LogP contribution in [0.4, 0.5) is 4.39 Å². The van der Waals surface area contributed by atoms with E-state index in [1.807, 2.05) is 29.1 Å². The molecule has 0 aliphatic carbocycles. The van der Waals surface area contributed by atoms with E-state index < -0.39 is 5.82 Å². The maximum Gasteiger partial charge on any atom is 0.250 e. The van der Waals surface area contributed by atoms with Crippen LogP contribution in [0.25, 0.3) is 0 Å². The highest BCUT2D eigenvalue weighted by molar-refractivity contribution is 5.13. The van der Waals surface area contributed by atoms with Gasteiger partial charge in [-0.25, -0.2) is 9.37 Å². The second-order valence-corrected chi connectivity index (χ2v) is 6.07. The van der Waals surface area contributed by atoms with Crippen LogP contribution in [-0.2, 0) is 19.6 Å². The quantitative estimate of drug-likeness (QED) is 0.714. The van der Waals surface area contributed by atoms with Gasteiger partial charge in [0.05, 0.1) is 18.5 Å². The predicted octanol–water partition coefficient (Wildman–Crippen LogP) is 2.86. The van der Waals surface area contributed by atoms with Crippen molar-refractivity contribution in [1.29, 1.82) is 0 Å². The minimum atomic E-state index is -0.443. The summed E-state index contributed by atoms with van der Waals surface area (Å²) in [6.45, 7) is 2.56. The van der Waals surface area contributed by atoms with Crippen molar-refractivity contribution in [2.75, 3.05) is 6.61 Å². The molecule has 0 bridgehead atoms. The number of pyridine rings is 1. The minimum absolute atomic E-state index is 0.0439. The second kappa shape index (κ2) is 7.06. The fourth-order valence-electron chi connectivity index (χ4n) is 3.12. The third kappa shape index (κ3) is 3.56. The van der Waals surface area contributed by atoms with Gasteiger partial charge in [-0.05, 0) is 36.8 Å². The average Bonchev–Trinajstić information content (AvgIpc) is 3.25. The summed E-state index contributed by atoms with van der Waals surface area (Å²) in [6.07, 6.45) is 5.87. The summed E-state index contributed by atoms with van der Waals surface area (Å²) in [7, 11) is 0. The van der Waals surface area contributed by atoms with Gasteiger partial charge in [0.2, 0.25) is 5.88 Å². The predicted molar refractivity (Wildman–Crippen MR) is 88.3 cm³/mol. The van der Waals surface area contributed by atoms with Gasteiger partial charge in [-0.1, -0.05) is 0 Å². The van der Waals surface area contributed by atoms with Crippen molar-refractivity contribution >= 4 is 0 Å². The molecule has 0 spiro atoms. The van der Waals surface area contributed by atoms with E-state index in [1.54, 1.807) is 12.3 Å². The molecule has 0 amide bonds. The van der Waals surface area contributed by atoms with Gasteiger partial charge in [0.15, 0.2) is 5.82 Å². The zero-order valence-electron chi connectivity index (χ0n) is 13.7. The molecule has 6 nitrogen and oxygen atoms in total. The Morgan fingerprint density at radius 2 is 2.20 bits per heavy atom. The van der Waals surface area contributed by atoms with Gasteiger partial charge in [-0.2, -0.15) is 5.10 Å². The Hall–Kier alpha value is -2.67. The molecule has 0 radical (unpaired) electrons. The molecule has 130 valence electrons. The summed E-state index contributed by atoms with van der Waals surface area (Å²) in [6, 6.07) is 8.87. The molecule has 1 aliphatic rings. The zero-order valence-corrected chi connectivity index (χ0v) is 13.7. The first-order valence-corrected chi connectivity index (χ1v) is 8.30. The summed E-state index contributed by atoms with van der Waals surface area (Å²) < 4.78 is 26.9. The first-order valence-electron chi connectivity index (χ1n) is 8.30. The van der Waals surface area contributed by atoms with Crippen LogP contribution in [0.1, 0.15) is 17.9 Å². The van der Waals surface area contributed by atoms with Gasteiger partial charge >= 0.3 is 0 Å². The van der Waals surface area contributed by atoms with E-state index in [2.05, 4.69) is 15.0 Å². The number of ether oxygens (including phenoxy) is 1. The number of fused-ring (bicyclic) bond motifs is 1. The van der Waals surface area contributed by atoms with Crippen molar-refractivity contribution in [2.24, 2.45) is 0 Å². The topological polar surface area (TPSA) is 56.3 Å². The molecule has 3 aromatic heterocycles. The number of furan rings is 1. The van der Waals surface area contributed by atoms with E-state index in [-0.39, 0.29) is 11.9 Å². The SMILES string of the molecule is Fc1cccnc1OCC1CCn2nccc2CN1Cc1ccco1. The number of nitrogens with zero attached hydrogens (tertiary/aromatic N) is 4. The molecule has 25 heavy (non-hydrogen) atoms. The average molecular weight is 342 g/mol. The standard InChI is InChI=1S/C18H19FN4O2/c19-17-4-1-7-20-18(17)25-13-15-6-9-23-14(5-8-21-23)11-22(15)12-16-3-2-10-24-16/h1-5,7-8,10,15H,6,9,11-13H2. The lowest BCUT2D eigenvalue weighted by Gasteiger charge is -2.28. The van der Waals surface area contributed by atoms with E-state index in [1.165, 1.54) is 12.3 Å². The van der Waals surface area contributed by atoms with Gasteiger partial charge in [-0.3, -0.25) is 9.58 Å². The van der Waals surface area contributed by atoms with E-state index in [9.17, 15) is 4.39 Å². The van der Waals surface area contributed by atoms with E-state index in [0.717, 1.165) is 31.0 Å². The molecule has 0 saturated carbocycles. The normalized spacial score (nSPS) is 17.9. The van der Waals surface area contributed by atoms with E-state index in [0.29, 0.717) is 13.2 Å². The Kier molecular flexibility index (Phi) is 4.47. The molecule has 3 aromatic rings. The van der Waals surface area contributed by atoms with Crippen LogP contribution < -0.4 is 4.74 Å². The van der Waals surface area contributed by atoms with E-state index >= 15 is 0 Å². The first kappa shape index (κ1) is 15.8. The van der Waals surface area contributed by atoms with Crippen molar-refractivity contribution < 1.29 is 13.5 Å². The van der Waals surface area contributed by atoms with Crippen molar-refractivity contribution in [3.05, 3.63) is 66.3 Å². The van der Waals surface area contributed by atoms with E-state index in [4.69, 9.17) is 9.15 Å². The van der Waals surface area contributed by atoms with Crippen LogP contribution >= 0.6 is 0 Å². The molecule has 7 heteroatoms. The molecule has 1 unspecified atom stereocenters. The largest absolute Gasteiger partial charge is 0.474 e. The summed E-state index contributed by atoms with van der Waals surface area (Å²) in [5.41, 5.74) is 1.15. The number of halogens is 1. The lowest BCUT2D eigenvalue weighted by Crippen LogP contribution is -2.38. The highest BCUT2D eigenvalue weighted by Gasteiger charge is 2.26. The lowest BCUT2D eigenvalue weighted by molar-refractivity contribution is 0.107. The zero-order chi connectivity index (χ0) is 17.1. The molecular weight excluding hydrogens is 323 g/mol. The Bertz CT molecular complexity index is 818. The van der Waals surface area contributed by atoms with Crippen LogP contribution in [0.5, 0.6) is 5.88 Å². The minimum Gasteiger partial charge on any atom is -0.474 e. The van der Waals surface area contributed by atoms with Crippen molar-refractivity contribution in [1.82, 2.24) is 19.7 Å². The van der Waals surface area contributed by atoms with Gasteiger partial charge in [-0.15, -0.1) is 0 Å². The summed E-state index contributed by atoms with van der Waals surface area (Å²) in [5.74, 6) is 0.492. The third-order valence-corrected chi connectivity index (χ3v) is 4.44. The Balaban J connectivity index is 1.51. The maximum atomic E-state index is 13.8. The van der Waals surface area contributed by atoms with Crippen LogP contribution in [0.3, 0.4) is 0 Å². The highest BCUT2D eigenvalue weighted by Crippen LogP contribution is 2.21. The second-order valence-electron chi connectivity index (χ2n) is 6.07. The van der Waals surface area contributed by atoms with Crippen molar-refractivity contribution in [2.45, 2.75) is 32.1 Å². The number of aromatic nitrogens is 3. The molecule has 1 atom stereocenters. The monoisotopic (exact) mass is 342 g/mol. The molecule has 0 N–H and O–H groups in total. The van der Waals surface area contributed by atoms with Crippen LogP contribution in [-0.4, -0.2) is 32.3 Å². The Labute approximate surface area is 144 Å². The van der Waals surface area contributed by atoms with Gasteiger partial charge in [0, 0.05) is 31.5 Å². The third-order valence-electron chi connectivity index (χ3n) is 4.44. The number of aryl methyl sites for hydroxylation is 1. The lowest BCUT2D eigenvalue weighted by atomic mass is 10.2. The number of hydrogen-bond acceptors (Lipinski definition) is 5. The Morgan fingerprint density at radius 1 is 1.24 bits per heavy atom. The number of hydrogen-bond donors (Lipinski definition) is 0.